The van der Waals surface area contributed by atoms with Crippen molar-refractivity contribution in [3.8, 4) is 0 Å². The van der Waals surface area contributed by atoms with Gasteiger partial charge in [-0.05, 0) is 36.5 Å². The summed E-state index contributed by atoms with van der Waals surface area (Å²) in [6, 6.07) is 4.15. The van der Waals surface area contributed by atoms with Crippen molar-refractivity contribution in [3.63, 3.8) is 0 Å². The van der Waals surface area contributed by atoms with Crippen molar-refractivity contribution in [2.45, 2.75) is 51.5 Å². The van der Waals surface area contributed by atoms with Gasteiger partial charge in [0.05, 0.1) is 18.2 Å². The molecule has 1 saturated carbocycles. The molecule has 0 heterocycles. The molecule has 0 spiro atoms. The lowest BCUT2D eigenvalue weighted by molar-refractivity contribution is -0.137. The third kappa shape index (κ3) is 5.45. The molecule has 8 heteroatoms. The molecule has 1 aromatic carbocycles. The lowest BCUT2D eigenvalue weighted by Gasteiger charge is -2.24. The van der Waals surface area contributed by atoms with Crippen LogP contribution in [-0.2, 0) is 22.3 Å². The first-order valence-corrected chi connectivity index (χ1v) is 8.58. The molecule has 1 aromatic rings. The van der Waals surface area contributed by atoms with Crippen molar-refractivity contribution >= 4 is 11.8 Å². The van der Waals surface area contributed by atoms with Crippen LogP contribution in [0.15, 0.2) is 24.3 Å². The summed E-state index contributed by atoms with van der Waals surface area (Å²) in [7, 11) is 0. The van der Waals surface area contributed by atoms with Gasteiger partial charge in [-0.1, -0.05) is 26.0 Å². The summed E-state index contributed by atoms with van der Waals surface area (Å²) in [5.41, 5.74) is 5.63. The van der Waals surface area contributed by atoms with Gasteiger partial charge in [-0.2, -0.15) is 13.2 Å². The van der Waals surface area contributed by atoms with Gasteiger partial charge in [-0.25, -0.2) is 0 Å². The Balaban J connectivity index is 1.96. The van der Waals surface area contributed by atoms with Gasteiger partial charge >= 0.3 is 6.18 Å². The average Bonchev–Trinajstić information content (AvgIpc) is 3.40. The van der Waals surface area contributed by atoms with E-state index in [2.05, 4.69) is 5.32 Å². The highest BCUT2D eigenvalue weighted by Crippen LogP contribution is 2.31. The normalized spacial score (nSPS) is 15.7. The minimum Gasteiger partial charge on any atom is -0.346 e. The molecule has 1 fully saturated rings. The Kier molecular flexibility index (Phi) is 6.28. The fourth-order valence-corrected chi connectivity index (χ4v) is 2.49. The van der Waals surface area contributed by atoms with Crippen LogP contribution in [0.2, 0.25) is 0 Å². The largest absolute Gasteiger partial charge is 0.416 e. The molecule has 1 aliphatic carbocycles. The highest BCUT2D eigenvalue weighted by Gasteiger charge is 2.33. The zero-order chi connectivity index (χ0) is 19.5. The molecule has 3 N–H and O–H groups in total. The maximum atomic E-state index is 12.6. The lowest BCUT2D eigenvalue weighted by Crippen LogP contribution is -2.48. The zero-order valence-corrected chi connectivity index (χ0v) is 14.8. The standard InChI is InChI=1S/C18H24F3N3O2/c1-11(2)16(22)17(26)23-9-15(25)24(14-7-8-14)10-12-3-5-13(6-4-12)18(19,20)21/h3-6,11,14,16H,7-10,22H2,1-2H3,(H,23,26)/t16-/m0/s1. The van der Waals surface area contributed by atoms with Gasteiger partial charge in [0.15, 0.2) is 0 Å². The summed E-state index contributed by atoms with van der Waals surface area (Å²) in [4.78, 5) is 25.9. The number of alkyl halides is 3. The van der Waals surface area contributed by atoms with E-state index in [0.29, 0.717) is 5.56 Å². The summed E-state index contributed by atoms with van der Waals surface area (Å²) in [5, 5.41) is 2.54. The van der Waals surface area contributed by atoms with Crippen molar-refractivity contribution in [1.82, 2.24) is 10.2 Å². The van der Waals surface area contributed by atoms with E-state index in [1.54, 1.807) is 4.90 Å². The fraction of sp³-hybridized carbons (Fsp3) is 0.556. The molecule has 5 nitrogen and oxygen atoms in total. The van der Waals surface area contributed by atoms with Crippen molar-refractivity contribution < 1.29 is 22.8 Å². The number of nitrogens with one attached hydrogen (secondary N) is 1. The Morgan fingerprint density at radius 3 is 2.27 bits per heavy atom. The second kappa shape index (κ2) is 8.07. The van der Waals surface area contributed by atoms with E-state index >= 15 is 0 Å². The zero-order valence-electron chi connectivity index (χ0n) is 14.8. The predicted molar refractivity (Wildman–Crippen MR) is 90.8 cm³/mol. The highest BCUT2D eigenvalue weighted by molar-refractivity contribution is 5.87. The molecular weight excluding hydrogens is 347 g/mol. The van der Waals surface area contributed by atoms with E-state index < -0.39 is 23.7 Å². The van der Waals surface area contributed by atoms with Crippen LogP contribution in [0, 0.1) is 5.92 Å². The maximum Gasteiger partial charge on any atom is 0.416 e. The quantitative estimate of drug-likeness (QED) is 0.772. The molecule has 1 atom stereocenters. The fourth-order valence-electron chi connectivity index (χ4n) is 2.49. The van der Waals surface area contributed by atoms with Crippen LogP contribution >= 0.6 is 0 Å². The van der Waals surface area contributed by atoms with Crippen LogP contribution in [0.3, 0.4) is 0 Å². The Bertz CT molecular complexity index is 640. The number of carbonyl (C=O) groups excluding carboxylic acids is 2. The van der Waals surface area contributed by atoms with E-state index in [1.807, 2.05) is 13.8 Å². The average molecular weight is 371 g/mol. The first-order valence-electron chi connectivity index (χ1n) is 8.58. The molecule has 0 aliphatic heterocycles. The van der Waals surface area contributed by atoms with E-state index in [4.69, 9.17) is 5.73 Å². The summed E-state index contributed by atoms with van der Waals surface area (Å²) < 4.78 is 37.9. The monoisotopic (exact) mass is 371 g/mol. The number of carbonyl (C=O) groups is 2. The molecule has 2 rings (SSSR count). The first-order chi connectivity index (χ1) is 12.1. The van der Waals surface area contributed by atoms with Crippen LogP contribution in [0.1, 0.15) is 37.8 Å². The molecule has 0 bridgehead atoms. The number of nitrogens with two attached hydrogens (primary N) is 1. The van der Waals surface area contributed by atoms with Gasteiger partial charge in [0.1, 0.15) is 0 Å². The van der Waals surface area contributed by atoms with Crippen LogP contribution in [0.4, 0.5) is 13.2 Å². The Labute approximate surface area is 150 Å². The van der Waals surface area contributed by atoms with Crippen LogP contribution in [-0.4, -0.2) is 35.3 Å². The van der Waals surface area contributed by atoms with E-state index in [1.165, 1.54) is 12.1 Å². The van der Waals surface area contributed by atoms with Crippen molar-refractivity contribution in [3.05, 3.63) is 35.4 Å². The van der Waals surface area contributed by atoms with Crippen molar-refractivity contribution in [1.29, 1.82) is 0 Å². The number of benzene rings is 1. The van der Waals surface area contributed by atoms with E-state index in [-0.39, 0.29) is 31.0 Å². The van der Waals surface area contributed by atoms with Crippen LogP contribution in [0.25, 0.3) is 0 Å². The number of halogens is 3. The van der Waals surface area contributed by atoms with E-state index in [9.17, 15) is 22.8 Å². The van der Waals surface area contributed by atoms with Gasteiger partial charge < -0.3 is 16.0 Å². The van der Waals surface area contributed by atoms with Crippen molar-refractivity contribution in [2.24, 2.45) is 11.7 Å². The molecule has 144 valence electrons. The number of nitrogens with zero attached hydrogens (tertiary/aromatic N) is 1. The minimum atomic E-state index is -4.38. The highest BCUT2D eigenvalue weighted by atomic mass is 19.4. The Morgan fingerprint density at radius 2 is 1.81 bits per heavy atom. The Hall–Kier alpha value is -2.09. The third-order valence-corrected chi connectivity index (χ3v) is 4.38. The second-order valence-electron chi connectivity index (χ2n) is 6.94. The molecule has 0 unspecified atom stereocenters. The summed E-state index contributed by atoms with van der Waals surface area (Å²) >= 11 is 0. The molecule has 26 heavy (non-hydrogen) atoms. The van der Waals surface area contributed by atoms with E-state index in [0.717, 1.165) is 25.0 Å². The first kappa shape index (κ1) is 20.2. The smallest absolute Gasteiger partial charge is 0.346 e. The van der Waals surface area contributed by atoms with Gasteiger partial charge in [-0.15, -0.1) is 0 Å². The molecule has 1 aliphatic rings. The third-order valence-electron chi connectivity index (χ3n) is 4.38. The molecule has 2 amide bonds. The van der Waals surface area contributed by atoms with Gasteiger partial charge in [0.2, 0.25) is 11.8 Å². The SMILES string of the molecule is CC(C)[C@H](N)C(=O)NCC(=O)N(Cc1ccc(C(F)(F)F)cc1)C1CC1. The second-order valence-corrected chi connectivity index (χ2v) is 6.94. The van der Waals surface area contributed by atoms with Crippen molar-refractivity contribution in [2.75, 3.05) is 6.54 Å². The number of amides is 2. The lowest BCUT2D eigenvalue weighted by atomic mass is 10.1. The summed E-state index contributed by atoms with van der Waals surface area (Å²) in [6.45, 7) is 3.67. The molecule has 0 saturated heterocycles. The molecule has 0 radical (unpaired) electrons. The van der Waals surface area contributed by atoms with Gasteiger partial charge in [0, 0.05) is 12.6 Å². The Morgan fingerprint density at radius 1 is 1.23 bits per heavy atom. The van der Waals surface area contributed by atoms with Crippen LogP contribution in [0.5, 0.6) is 0 Å². The predicted octanol–water partition coefficient (Wildman–Crippen LogP) is 2.30. The van der Waals surface area contributed by atoms with Gasteiger partial charge in [0.25, 0.3) is 0 Å². The number of hydrogen-bond acceptors (Lipinski definition) is 3. The van der Waals surface area contributed by atoms with Gasteiger partial charge in [-0.3, -0.25) is 9.59 Å². The number of hydrogen-bond donors (Lipinski definition) is 2. The topological polar surface area (TPSA) is 75.4 Å². The minimum absolute atomic E-state index is 0.0446. The van der Waals surface area contributed by atoms with Crippen LogP contribution < -0.4 is 11.1 Å². The summed E-state index contributed by atoms with van der Waals surface area (Å²) in [5.74, 6) is -0.702. The summed E-state index contributed by atoms with van der Waals surface area (Å²) in [6.07, 6.45) is -2.68. The number of rotatable bonds is 7. The molecular formula is C18H24F3N3O2. The maximum absolute atomic E-state index is 12.6. The molecule has 0 aromatic heterocycles.